The van der Waals surface area contributed by atoms with Crippen molar-refractivity contribution in [3.63, 3.8) is 0 Å². The summed E-state index contributed by atoms with van der Waals surface area (Å²) in [6, 6.07) is 1.58. The number of carbonyl (C=O) groups is 1. The van der Waals surface area contributed by atoms with Crippen LogP contribution < -0.4 is 10.6 Å². The molecular weight excluding hydrogens is 209 g/mol. The monoisotopic (exact) mass is 223 g/mol. The molecule has 86 valence electrons. The number of rotatable bonds is 3. The van der Waals surface area contributed by atoms with Crippen molar-refractivity contribution in [1.29, 1.82) is 0 Å². The minimum Gasteiger partial charge on any atom is -0.371 e. The molecule has 5 heteroatoms. The fourth-order valence-electron chi connectivity index (χ4n) is 1.56. The zero-order chi connectivity index (χ0) is 11.7. The normalized spacial score (nSPS) is 22.7. The molecule has 0 aromatic carbocycles. The first-order chi connectivity index (χ1) is 7.63. The molecule has 1 heterocycles. The van der Waals surface area contributed by atoms with Crippen LogP contribution in [-0.2, 0) is 0 Å². The number of aromatic nitrogens is 1. The Kier molecular flexibility index (Phi) is 2.77. The number of hydrogen-bond acceptors (Lipinski definition) is 3. The zero-order valence-electron chi connectivity index (χ0n) is 9.25. The van der Waals surface area contributed by atoms with Gasteiger partial charge in [-0.2, -0.15) is 0 Å². The molecule has 0 saturated heterocycles. The van der Waals surface area contributed by atoms with Gasteiger partial charge in [0.25, 0.3) is 5.91 Å². The van der Waals surface area contributed by atoms with Gasteiger partial charge in [0.2, 0.25) is 0 Å². The van der Waals surface area contributed by atoms with Crippen LogP contribution in [-0.4, -0.2) is 24.0 Å². The quantitative estimate of drug-likeness (QED) is 0.814. The van der Waals surface area contributed by atoms with Gasteiger partial charge in [0.1, 0.15) is 0 Å². The van der Waals surface area contributed by atoms with Crippen molar-refractivity contribution in [2.75, 3.05) is 12.4 Å². The Labute approximate surface area is 93.3 Å². The van der Waals surface area contributed by atoms with Crippen molar-refractivity contribution < 1.29 is 9.18 Å². The SMILES string of the molecule is CNc1nccc(C(=O)NC2CC2C)c1F. The number of anilines is 1. The third kappa shape index (κ3) is 1.98. The molecule has 1 amide bonds. The van der Waals surface area contributed by atoms with Crippen LogP contribution in [0, 0.1) is 11.7 Å². The largest absolute Gasteiger partial charge is 0.371 e. The third-order valence-corrected chi connectivity index (χ3v) is 2.80. The number of nitrogens with one attached hydrogen (secondary N) is 2. The van der Waals surface area contributed by atoms with Gasteiger partial charge in [-0.05, 0) is 18.4 Å². The molecule has 4 nitrogen and oxygen atoms in total. The average molecular weight is 223 g/mol. The molecular formula is C11H14FN3O. The molecule has 16 heavy (non-hydrogen) atoms. The van der Waals surface area contributed by atoms with E-state index in [1.807, 2.05) is 6.92 Å². The molecule has 1 aliphatic rings. The van der Waals surface area contributed by atoms with Crippen molar-refractivity contribution >= 4 is 11.7 Å². The maximum absolute atomic E-state index is 13.7. The minimum absolute atomic E-state index is 0.0402. The predicted molar refractivity (Wildman–Crippen MR) is 58.8 cm³/mol. The lowest BCUT2D eigenvalue weighted by molar-refractivity contribution is 0.0945. The Hall–Kier alpha value is -1.65. The molecule has 0 bridgehead atoms. The van der Waals surface area contributed by atoms with E-state index in [9.17, 15) is 9.18 Å². The molecule has 2 unspecified atom stereocenters. The third-order valence-electron chi connectivity index (χ3n) is 2.80. The molecule has 2 atom stereocenters. The Morgan fingerprint density at radius 2 is 2.31 bits per heavy atom. The van der Waals surface area contributed by atoms with E-state index in [4.69, 9.17) is 0 Å². The van der Waals surface area contributed by atoms with Crippen LogP contribution in [0.4, 0.5) is 10.2 Å². The van der Waals surface area contributed by atoms with Gasteiger partial charge < -0.3 is 10.6 Å². The van der Waals surface area contributed by atoms with Crippen LogP contribution in [0.5, 0.6) is 0 Å². The minimum atomic E-state index is -0.601. The average Bonchev–Trinajstić information content (AvgIpc) is 2.94. The molecule has 1 aliphatic carbocycles. The highest BCUT2D eigenvalue weighted by atomic mass is 19.1. The Morgan fingerprint density at radius 1 is 1.62 bits per heavy atom. The molecule has 0 aliphatic heterocycles. The maximum Gasteiger partial charge on any atom is 0.254 e. The second-order valence-electron chi connectivity index (χ2n) is 4.06. The first-order valence-corrected chi connectivity index (χ1v) is 5.26. The number of carbonyl (C=O) groups excluding carboxylic acids is 1. The van der Waals surface area contributed by atoms with Crippen LogP contribution in [0.25, 0.3) is 0 Å². The molecule has 2 N–H and O–H groups in total. The van der Waals surface area contributed by atoms with Gasteiger partial charge in [0.05, 0.1) is 5.56 Å². The van der Waals surface area contributed by atoms with E-state index in [0.717, 1.165) is 6.42 Å². The Bertz CT molecular complexity index is 422. The lowest BCUT2D eigenvalue weighted by atomic mass is 10.2. The smallest absolute Gasteiger partial charge is 0.254 e. The van der Waals surface area contributed by atoms with Crippen LogP contribution in [0.2, 0.25) is 0 Å². The highest BCUT2D eigenvalue weighted by Gasteiger charge is 2.34. The Morgan fingerprint density at radius 3 is 2.88 bits per heavy atom. The number of hydrogen-bond donors (Lipinski definition) is 2. The molecule has 0 spiro atoms. The predicted octanol–water partition coefficient (Wildman–Crippen LogP) is 1.40. The van der Waals surface area contributed by atoms with Gasteiger partial charge in [-0.15, -0.1) is 0 Å². The number of amides is 1. The molecule has 2 rings (SSSR count). The number of pyridine rings is 1. The molecule has 1 aromatic rings. The van der Waals surface area contributed by atoms with Gasteiger partial charge in [0.15, 0.2) is 11.6 Å². The Balaban J connectivity index is 2.16. The zero-order valence-corrected chi connectivity index (χ0v) is 9.25. The molecule has 1 saturated carbocycles. The summed E-state index contributed by atoms with van der Waals surface area (Å²) < 4.78 is 13.7. The highest BCUT2D eigenvalue weighted by molar-refractivity contribution is 5.95. The van der Waals surface area contributed by atoms with E-state index in [2.05, 4.69) is 15.6 Å². The van der Waals surface area contributed by atoms with Crippen LogP contribution in [0.3, 0.4) is 0 Å². The lowest BCUT2D eigenvalue weighted by Gasteiger charge is -2.07. The van der Waals surface area contributed by atoms with E-state index in [1.54, 1.807) is 7.05 Å². The standard InChI is InChI=1S/C11H14FN3O/c1-6-5-8(6)15-11(16)7-3-4-14-10(13-2)9(7)12/h3-4,6,8H,5H2,1-2H3,(H,13,14)(H,15,16). The summed E-state index contributed by atoms with van der Waals surface area (Å²) in [6.07, 6.45) is 2.39. The van der Waals surface area contributed by atoms with Crippen molar-refractivity contribution in [2.24, 2.45) is 5.92 Å². The van der Waals surface area contributed by atoms with Gasteiger partial charge in [-0.3, -0.25) is 4.79 Å². The van der Waals surface area contributed by atoms with Crippen LogP contribution in [0.15, 0.2) is 12.3 Å². The molecule has 1 fully saturated rings. The van der Waals surface area contributed by atoms with E-state index in [-0.39, 0.29) is 23.3 Å². The molecule has 0 radical (unpaired) electrons. The maximum atomic E-state index is 13.7. The van der Waals surface area contributed by atoms with Gasteiger partial charge in [0, 0.05) is 19.3 Å². The van der Waals surface area contributed by atoms with Crippen molar-refractivity contribution in [2.45, 2.75) is 19.4 Å². The summed E-state index contributed by atoms with van der Waals surface area (Å²) in [7, 11) is 1.57. The van der Waals surface area contributed by atoms with Crippen molar-refractivity contribution in [1.82, 2.24) is 10.3 Å². The second-order valence-corrected chi connectivity index (χ2v) is 4.06. The summed E-state index contributed by atoms with van der Waals surface area (Å²) in [5.74, 6) is -0.379. The van der Waals surface area contributed by atoms with Gasteiger partial charge in [-0.25, -0.2) is 9.37 Å². The first kappa shape index (κ1) is 10.9. The van der Waals surface area contributed by atoms with Gasteiger partial charge >= 0.3 is 0 Å². The van der Waals surface area contributed by atoms with Crippen molar-refractivity contribution in [3.8, 4) is 0 Å². The summed E-state index contributed by atoms with van der Waals surface area (Å²) in [5.41, 5.74) is 0.0402. The van der Waals surface area contributed by atoms with Gasteiger partial charge in [-0.1, -0.05) is 6.92 Å². The van der Waals surface area contributed by atoms with E-state index < -0.39 is 5.82 Å². The van der Waals surface area contributed by atoms with E-state index in [1.165, 1.54) is 12.3 Å². The summed E-state index contributed by atoms with van der Waals surface area (Å²) in [4.78, 5) is 15.5. The summed E-state index contributed by atoms with van der Waals surface area (Å²) in [5, 5.41) is 5.38. The fraction of sp³-hybridized carbons (Fsp3) is 0.455. The second kappa shape index (κ2) is 4.08. The number of halogens is 1. The topological polar surface area (TPSA) is 54.0 Å². The van der Waals surface area contributed by atoms with Crippen LogP contribution in [0.1, 0.15) is 23.7 Å². The van der Waals surface area contributed by atoms with Crippen LogP contribution >= 0.6 is 0 Å². The van der Waals surface area contributed by atoms with E-state index in [0.29, 0.717) is 5.92 Å². The summed E-state index contributed by atoms with van der Waals surface area (Å²) in [6.45, 7) is 2.05. The van der Waals surface area contributed by atoms with E-state index >= 15 is 0 Å². The van der Waals surface area contributed by atoms with Crippen molar-refractivity contribution in [3.05, 3.63) is 23.6 Å². The first-order valence-electron chi connectivity index (χ1n) is 5.26. The molecule has 1 aromatic heterocycles. The lowest BCUT2D eigenvalue weighted by Crippen LogP contribution is -2.27. The fourth-order valence-corrected chi connectivity index (χ4v) is 1.56. The summed E-state index contributed by atoms with van der Waals surface area (Å²) >= 11 is 0. The highest BCUT2D eigenvalue weighted by Crippen LogP contribution is 2.29. The number of nitrogens with zero attached hydrogens (tertiary/aromatic N) is 1.